The topological polar surface area (TPSA) is 99.0 Å². The number of hydrogen-bond acceptors (Lipinski definition) is 3. The molecule has 6 N–H and O–H groups in total. The Hall–Kier alpha value is -3.38. The normalized spacial score (nSPS) is 10.0. The second kappa shape index (κ2) is 9.89. The molecule has 6 heteroatoms. The van der Waals surface area contributed by atoms with Gasteiger partial charge in [0.1, 0.15) is 6.54 Å². The molecule has 4 aromatic rings. The fraction of sp³-hybridized carbons (Fsp3) is 0.0833. The third-order valence-corrected chi connectivity index (χ3v) is 4.74. The van der Waals surface area contributed by atoms with E-state index in [1.165, 1.54) is 27.4 Å². The molecular weight excluding hydrogens is 440 g/mol. The Balaban J connectivity index is 0.000000482. The Morgan fingerprint density at radius 3 is 2.07 bits per heavy atom. The van der Waals surface area contributed by atoms with Gasteiger partial charge in [-0.25, -0.2) is 0 Å². The third-order valence-electron chi connectivity index (χ3n) is 4.74. The maximum Gasteiger partial charge on any atom is 0.240 e. The van der Waals surface area contributed by atoms with Crippen molar-refractivity contribution in [3.8, 4) is 11.3 Å². The summed E-state index contributed by atoms with van der Waals surface area (Å²) in [4.78, 5) is 9.47. The molecule has 0 fully saturated rings. The highest BCUT2D eigenvalue weighted by Crippen LogP contribution is 2.33. The van der Waals surface area contributed by atoms with Gasteiger partial charge in [0, 0.05) is 28.4 Å². The molecule has 0 aliphatic heterocycles. The number of nitrogen functional groups attached to an aromatic ring is 2. The van der Waals surface area contributed by atoms with Crippen LogP contribution in [0.2, 0.25) is 0 Å². The quantitative estimate of drug-likeness (QED) is 0.181. The Morgan fingerprint density at radius 1 is 0.933 bits per heavy atom. The molecule has 0 saturated heterocycles. The van der Waals surface area contributed by atoms with Crippen LogP contribution in [0.5, 0.6) is 0 Å². The predicted octanol–water partition coefficient (Wildman–Crippen LogP) is 0.794. The lowest BCUT2D eigenvalue weighted by molar-refractivity contribution is -0.655. The van der Waals surface area contributed by atoms with Crippen LogP contribution in [0.1, 0.15) is 6.92 Å². The van der Waals surface area contributed by atoms with Crippen molar-refractivity contribution in [2.45, 2.75) is 13.5 Å². The highest BCUT2D eigenvalue weighted by molar-refractivity contribution is 6.10. The molecule has 1 heterocycles. The van der Waals surface area contributed by atoms with Crippen LogP contribution in [0, 0.1) is 0 Å². The average Bonchev–Trinajstić information content (AvgIpc) is 2.73. The Labute approximate surface area is 186 Å². The largest absolute Gasteiger partial charge is 1.00 e. The van der Waals surface area contributed by atoms with E-state index in [0.29, 0.717) is 0 Å². The van der Waals surface area contributed by atoms with E-state index in [1.807, 2.05) is 18.2 Å². The van der Waals surface area contributed by atoms with Gasteiger partial charge in [-0.1, -0.05) is 30.8 Å². The van der Waals surface area contributed by atoms with Gasteiger partial charge in [-0.3, -0.25) is 4.79 Å². The number of benzene rings is 3. The van der Waals surface area contributed by atoms with Crippen LogP contribution in [0.15, 0.2) is 79.4 Å². The molecule has 30 heavy (non-hydrogen) atoms. The fourth-order valence-corrected chi connectivity index (χ4v) is 3.49. The van der Waals surface area contributed by atoms with Gasteiger partial charge >= 0.3 is 0 Å². The zero-order chi connectivity index (χ0) is 21.0. The molecule has 0 spiro atoms. The summed E-state index contributed by atoms with van der Waals surface area (Å²) < 4.78 is 2.32. The van der Waals surface area contributed by atoms with Crippen molar-refractivity contribution < 1.29 is 26.3 Å². The second-order valence-corrected chi connectivity index (χ2v) is 6.65. The number of primary amides is 1. The van der Waals surface area contributed by atoms with E-state index in [9.17, 15) is 4.79 Å². The average molecular weight is 465 g/mol. The van der Waals surface area contributed by atoms with Gasteiger partial charge in [0.25, 0.3) is 0 Å². The van der Waals surface area contributed by atoms with Crippen molar-refractivity contribution in [3.63, 3.8) is 0 Å². The third kappa shape index (κ3) is 4.60. The van der Waals surface area contributed by atoms with Crippen LogP contribution in [0.3, 0.4) is 0 Å². The van der Waals surface area contributed by atoms with Crippen molar-refractivity contribution >= 4 is 39.0 Å². The van der Waals surface area contributed by atoms with Crippen molar-refractivity contribution in [2.24, 2.45) is 5.73 Å². The number of rotatable bonds is 3. The van der Waals surface area contributed by atoms with Crippen LogP contribution < -0.4 is 38.7 Å². The number of fused-ring (bicyclic) bond motifs is 3. The van der Waals surface area contributed by atoms with E-state index in [-0.39, 0.29) is 17.0 Å². The number of carbonyl (C=O) groups is 1. The molecule has 0 atom stereocenters. The lowest BCUT2D eigenvalue weighted by Crippen LogP contribution is -3.00. The van der Waals surface area contributed by atoms with Gasteiger partial charge in [-0.15, -0.1) is 0 Å². The van der Waals surface area contributed by atoms with E-state index in [4.69, 9.17) is 11.5 Å². The Morgan fingerprint density at radius 2 is 1.50 bits per heavy atom. The standard InChI is InChI=1S/C21H19N3.C3H5NO.BrH/c1-2-24-20-13-16(23)9-11-18(20)17-10-8-15(22)12-19(17)21(24)14-6-4-3-5-7-14;1-2-3(4)5;/h3-13,23H,2,22H2,1H3;2H,1H2,(H2,4,5);1H. The first kappa shape index (κ1) is 22.9. The molecule has 0 bridgehead atoms. The Bertz CT molecular complexity index is 1210. The molecule has 0 saturated carbocycles. The number of nitrogens with zero attached hydrogens (tertiary/aromatic N) is 1. The Kier molecular flexibility index (Phi) is 7.55. The number of nitrogens with two attached hydrogens (primary N) is 3. The summed E-state index contributed by atoms with van der Waals surface area (Å²) in [7, 11) is 0. The van der Waals surface area contributed by atoms with Gasteiger partial charge in [-0.2, -0.15) is 4.57 Å². The van der Waals surface area contributed by atoms with E-state index < -0.39 is 5.91 Å². The summed E-state index contributed by atoms with van der Waals surface area (Å²) in [5.41, 5.74) is 21.8. The maximum absolute atomic E-state index is 9.47. The number of amides is 1. The lowest BCUT2D eigenvalue weighted by Gasteiger charge is -2.12. The van der Waals surface area contributed by atoms with Crippen LogP contribution >= 0.6 is 0 Å². The van der Waals surface area contributed by atoms with E-state index in [0.717, 1.165) is 29.5 Å². The molecular formula is C24H25BrN4O. The summed E-state index contributed by atoms with van der Waals surface area (Å²) in [5.74, 6) is -0.481. The number of pyridine rings is 1. The smallest absolute Gasteiger partial charge is 0.240 e. The van der Waals surface area contributed by atoms with Crippen molar-refractivity contribution in [2.75, 3.05) is 11.5 Å². The number of aryl methyl sites for hydroxylation is 1. The molecule has 0 radical (unpaired) electrons. The number of hydrogen-bond donors (Lipinski definition) is 3. The van der Waals surface area contributed by atoms with Gasteiger partial charge in [0.15, 0.2) is 0 Å². The van der Waals surface area contributed by atoms with Crippen LogP contribution in [-0.2, 0) is 11.3 Å². The summed E-state index contributed by atoms with van der Waals surface area (Å²) in [5, 5.41) is 3.56. The van der Waals surface area contributed by atoms with Gasteiger partial charge in [0.2, 0.25) is 17.1 Å². The minimum atomic E-state index is -0.481. The molecule has 4 rings (SSSR count). The summed E-state index contributed by atoms with van der Waals surface area (Å²) in [6.07, 6.45) is 1.06. The van der Waals surface area contributed by atoms with Crippen molar-refractivity contribution in [1.82, 2.24) is 0 Å². The monoisotopic (exact) mass is 464 g/mol. The lowest BCUT2D eigenvalue weighted by atomic mass is 9.98. The molecule has 3 aromatic carbocycles. The van der Waals surface area contributed by atoms with Crippen LogP contribution in [-0.4, -0.2) is 5.91 Å². The van der Waals surface area contributed by atoms with E-state index in [1.54, 1.807) is 0 Å². The minimum absolute atomic E-state index is 0. The highest BCUT2D eigenvalue weighted by atomic mass is 79.9. The van der Waals surface area contributed by atoms with E-state index >= 15 is 0 Å². The molecule has 1 amide bonds. The summed E-state index contributed by atoms with van der Waals surface area (Å²) in [6.45, 7) is 6.10. The van der Waals surface area contributed by atoms with Crippen LogP contribution in [0.4, 0.5) is 11.4 Å². The number of anilines is 2. The van der Waals surface area contributed by atoms with Crippen molar-refractivity contribution in [1.29, 1.82) is 0 Å². The van der Waals surface area contributed by atoms with Crippen molar-refractivity contribution in [3.05, 3.63) is 79.4 Å². The fourth-order valence-electron chi connectivity index (χ4n) is 3.49. The highest BCUT2D eigenvalue weighted by Gasteiger charge is 2.22. The molecule has 5 nitrogen and oxygen atoms in total. The predicted molar refractivity (Wildman–Crippen MR) is 121 cm³/mol. The molecule has 0 aliphatic rings. The van der Waals surface area contributed by atoms with Gasteiger partial charge in [-0.05, 0) is 49.4 Å². The zero-order valence-corrected chi connectivity index (χ0v) is 18.4. The molecule has 0 aliphatic carbocycles. The van der Waals surface area contributed by atoms with Gasteiger partial charge in [0.05, 0.1) is 10.8 Å². The zero-order valence-electron chi connectivity index (χ0n) is 16.8. The molecule has 154 valence electrons. The summed E-state index contributed by atoms with van der Waals surface area (Å²) in [6, 6.07) is 22.7. The second-order valence-electron chi connectivity index (χ2n) is 6.65. The number of aromatic nitrogens is 1. The summed E-state index contributed by atoms with van der Waals surface area (Å²) >= 11 is 0. The number of carbonyl (C=O) groups excluding carboxylic acids is 1. The van der Waals surface area contributed by atoms with Gasteiger partial charge < -0.3 is 34.2 Å². The maximum atomic E-state index is 9.47. The SMILES string of the molecule is C=CC(N)=O.CC[n+]1c(-c2ccccc2)c2cc(N)ccc2c2ccc(N)cc21.[Br-]. The van der Waals surface area contributed by atoms with E-state index in [2.05, 4.69) is 72.3 Å². The first-order chi connectivity index (χ1) is 14.0. The van der Waals surface area contributed by atoms with Crippen LogP contribution in [0.25, 0.3) is 32.9 Å². The molecule has 1 aromatic heterocycles. The first-order valence-corrected chi connectivity index (χ1v) is 9.37. The molecule has 0 unspecified atom stereocenters. The number of halogens is 1. The minimum Gasteiger partial charge on any atom is -1.00 e. The first-order valence-electron chi connectivity index (χ1n) is 9.37.